The molecule has 4 nitrogen and oxygen atoms in total. The first-order valence-corrected chi connectivity index (χ1v) is 16.0. The van der Waals surface area contributed by atoms with Crippen LogP contribution in [0.5, 0.6) is 0 Å². The van der Waals surface area contributed by atoms with Crippen LogP contribution in [-0.2, 0) is 4.79 Å². The Bertz CT molecular complexity index is 677. The van der Waals surface area contributed by atoms with Gasteiger partial charge in [0.15, 0.2) is 0 Å². The number of aliphatic hydroxyl groups is 2. The topological polar surface area (TPSA) is 69.6 Å². The molecule has 0 aliphatic carbocycles. The monoisotopic (exact) mass is 543 g/mol. The number of nitrogens with one attached hydrogen (secondary N) is 1. The lowest BCUT2D eigenvalue weighted by Gasteiger charge is -2.19. The van der Waals surface area contributed by atoms with E-state index >= 15 is 0 Å². The van der Waals surface area contributed by atoms with E-state index in [1.165, 1.54) is 57.8 Å². The van der Waals surface area contributed by atoms with E-state index in [1.54, 1.807) is 6.08 Å². The van der Waals surface area contributed by atoms with E-state index in [4.69, 9.17) is 0 Å². The third-order valence-electron chi connectivity index (χ3n) is 6.70. The number of unbranched alkanes of at least 4 members (excludes halogenated alkanes) is 12. The van der Waals surface area contributed by atoms with Crippen LogP contribution in [0.3, 0.4) is 0 Å². The average molecular weight is 544 g/mol. The Hall–Kier alpha value is -1.91. The van der Waals surface area contributed by atoms with Crippen LogP contribution in [0.25, 0.3) is 0 Å². The van der Waals surface area contributed by atoms with Gasteiger partial charge in [0.2, 0.25) is 5.91 Å². The van der Waals surface area contributed by atoms with E-state index < -0.39 is 12.1 Å². The van der Waals surface area contributed by atoms with Gasteiger partial charge >= 0.3 is 0 Å². The van der Waals surface area contributed by atoms with Gasteiger partial charge in [0, 0.05) is 6.42 Å². The molecule has 0 aromatic heterocycles. The fourth-order valence-electron chi connectivity index (χ4n) is 4.16. The van der Waals surface area contributed by atoms with Crippen molar-refractivity contribution >= 4 is 5.91 Å². The molecule has 0 aromatic carbocycles. The highest BCUT2D eigenvalue weighted by Gasteiger charge is 2.17. The molecular weight excluding hydrogens is 482 g/mol. The molecule has 0 aliphatic heterocycles. The number of hydrogen-bond donors (Lipinski definition) is 3. The van der Waals surface area contributed by atoms with Crippen molar-refractivity contribution in [1.29, 1.82) is 0 Å². The van der Waals surface area contributed by atoms with Crippen molar-refractivity contribution in [2.24, 2.45) is 0 Å². The summed E-state index contributed by atoms with van der Waals surface area (Å²) in [6.45, 7) is 4.18. The van der Waals surface area contributed by atoms with Crippen molar-refractivity contribution in [3.05, 3.63) is 60.8 Å². The predicted molar refractivity (Wildman–Crippen MR) is 170 cm³/mol. The van der Waals surface area contributed by atoms with Crippen molar-refractivity contribution in [1.82, 2.24) is 5.32 Å². The minimum atomic E-state index is -0.874. The zero-order valence-electron chi connectivity index (χ0n) is 25.4. The third kappa shape index (κ3) is 27.4. The van der Waals surface area contributed by atoms with Crippen LogP contribution >= 0.6 is 0 Å². The number of carbonyl (C=O) groups is 1. The standard InChI is InChI=1S/C35H61NO3/c1-3-5-7-9-11-13-15-17-18-19-21-23-25-27-29-31-35(39)36-33(32-37)34(38)30-28-26-24-22-20-16-14-12-10-8-6-4-2/h10-13,17-18,20,22,28,30,33-34,37-38H,3-9,14-16,19,21,23-27,29,31-32H2,1-2H3,(H,36,39)/b12-10+,13-11-,18-17-,22-20+,30-28+. The number of hydrogen-bond acceptors (Lipinski definition) is 3. The summed E-state index contributed by atoms with van der Waals surface area (Å²) in [5.41, 5.74) is 0. The van der Waals surface area contributed by atoms with Gasteiger partial charge in [-0.05, 0) is 70.6 Å². The zero-order valence-corrected chi connectivity index (χ0v) is 25.4. The average Bonchev–Trinajstić information content (AvgIpc) is 2.94. The van der Waals surface area contributed by atoms with Gasteiger partial charge in [-0.25, -0.2) is 0 Å². The zero-order chi connectivity index (χ0) is 28.7. The number of rotatable bonds is 27. The number of aliphatic hydroxyl groups excluding tert-OH is 2. The van der Waals surface area contributed by atoms with Gasteiger partial charge in [-0.15, -0.1) is 0 Å². The van der Waals surface area contributed by atoms with Gasteiger partial charge in [-0.3, -0.25) is 4.79 Å². The summed E-state index contributed by atoms with van der Waals surface area (Å²) >= 11 is 0. The smallest absolute Gasteiger partial charge is 0.220 e. The number of carbonyl (C=O) groups excluding carboxylic acids is 1. The van der Waals surface area contributed by atoms with Gasteiger partial charge in [-0.2, -0.15) is 0 Å². The Balaban J connectivity index is 3.80. The van der Waals surface area contributed by atoms with Gasteiger partial charge in [0.1, 0.15) is 0 Å². The maximum absolute atomic E-state index is 12.2. The molecular formula is C35H61NO3. The summed E-state index contributed by atoms with van der Waals surface area (Å²) in [5.74, 6) is -0.0983. The van der Waals surface area contributed by atoms with Crippen LogP contribution in [0.15, 0.2) is 60.8 Å². The van der Waals surface area contributed by atoms with Crippen LogP contribution in [-0.4, -0.2) is 34.9 Å². The Kier molecular flexibility index (Phi) is 29.1. The molecule has 0 fully saturated rings. The molecule has 1 amide bonds. The SMILES string of the molecule is CCCC/C=C/CC/C=C/CC/C=C/C(O)C(CO)NC(=O)CCCCCCC/C=C\C/C=C\CCCCC. The van der Waals surface area contributed by atoms with E-state index in [-0.39, 0.29) is 12.5 Å². The van der Waals surface area contributed by atoms with Gasteiger partial charge in [0.25, 0.3) is 0 Å². The summed E-state index contributed by atoms with van der Waals surface area (Å²) in [6.07, 6.45) is 41.5. The van der Waals surface area contributed by atoms with Gasteiger partial charge in [0.05, 0.1) is 18.8 Å². The van der Waals surface area contributed by atoms with Gasteiger partial charge < -0.3 is 15.5 Å². The van der Waals surface area contributed by atoms with Crippen molar-refractivity contribution in [2.45, 2.75) is 148 Å². The molecule has 0 bridgehead atoms. The van der Waals surface area contributed by atoms with Gasteiger partial charge in [-0.1, -0.05) is 120 Å². The Labute approximate surface area is 241 Å². The lowest BCUT2D eigenvalue weighted by Crippen LogP contribution is -2.45. The molecule has 39 heavy (non-hydrogen) atoms. The molecule has 3 N–H and O–H groups in total. The van der Waals surface area contributed by atoms with Crippen LogP contribution in [0, 0.1) is 0 Å². The molecule has 0 radical (unpaired) electrons. The molecule has 0 heterocycles. The predicted octanol–water partition coefficient (Wildman–Crippen LogP) is 9.06. The Morgan fingerprint density at radius 2 is 1.10 bits per heavy atom. The lowest BCUT2D eigenvalue weighted by atomic mass is 10.1. The highest BCUT2D eigenvalue weighted by molar-refractivity contribution is 5.76. The highest BCUT2D eigenvalue weighted by atomic mass is 16.3. The second-order valence-electron chi connectivity index (χ2n) is 10.5. The van der Waals surface area contributed by atoms with E-state index in [0.717, 1.165) is 57.8 Å². The first-order valence-electron chi connectivity index (χ1n) is 16.0. The minimum absolute atomic E-state index is 0.0983. The van der Waals surface area contributed by atoms with Crippen molar-refractivity contribution in [3.8, 4) is 0 Å². The van der Waals surface area contributed by atoms with Crippen molar-refractivity contribution < 1.29 is 15.0 Å². The molecule has 0 rings (SSSR count). The normalized spacial score (nSPS) is 14.1. The summed E-state index contributed by atoms with van der Waals surface area (Å²) in [4.78, 5) is 12.2. The lowest BCUT2D eigenvalue weighted by molar-refractivity contribution is -0.123. The molecule has 0 saturated carbocycles. The fourth-order valence-corrected chi connectivity index (χ4v) is 4.16. The third-order valence-corrected chi connectivity index (χ3v) is 6.70. The molecule has 224 valence electrons. The Morgan fingerprint density at radius 1 is 0.615 bits per heavy atom. The summed E-state index contributed by atoms with van der Waals surface area (Å²) in [6, 6.07) is -0.651. The largest absolute Gasteiger partial charge is 0.394 e. The van der Waals surface area contributed by atoms with E-state index in [0.29, 0.717) is 6.42 Å². The molecule has 2 atom stereocenters. The molecule has 0 spiro atoms. The van der Waals surface area contributed by atoms with Crippen LogP contribution < -0.4 is 5.32 Å². The van der Waals surface area contributed by atoms with E-state index in [9.17, 15) is 15.0 Å². The number of allylic oxidation sites excluding steroid dienone is 9. The Morgan fingerprint density at radius 3 is 1.72 bits per heavy atom. The second kappa shape index (κ2) is 30.6. The maximum Gasteiger partial charge on any atom is 0.220 e. The quantitative estimate of drug-likeness (QED) is 0.0715. The first-order chi connectivity index (χ1) is 19.2. The molecule has 0 aliphatic rings. The number of amides is 1. The van der Waals surface area contributed by atoms with E-state index in [2.05, 4.69) is 67.8 Å². The molecule has 2 unspecified atom stereocenters. The van der Waals surface area contributed by atoms with Crippen LogP contribution in [0.2, 0.25) is 0 Å². The first kappa shape index (κ1) is 37.1. The van der Waals surface area contributed by atoms with Crippen molar-refractivity contribution in [3.63, 3.8) is 0 Å². The second-order valence-corrected chi connectivity index (χ2v) is 10.5. The maximum atomic E-state index is 12.2. The molecule has 0 aromatic rings. The molecule has 0 saturated heterocycles. The summed E-state index contributed by atoms with van der Waals surface area (Å²) < 4.78 is 0. The van der Waals surface area contributed by atoms with Crippen LogP contribution in [0.1, 0.15) is 136 Å². The fraction of sp³-hybridized carbons (Fsp3) is 0.686. The van der Waals surface area contributed by atoms with E-state index in [1.807, 2.05) is 6.08 Å². The summed E-state index contributed by atoms with van der Waals surface area (Å²) in [7, 11) is 0. The molecule has 4 heteroatoms. The minimum Gasteiger partial charge on any atom is -0.394 e. The van der Waals surface area contributed by atoms with Crippen molar-refractivity contribution in [2.75, 3.05) is 6.61 Å². The van der Waals surface area contributed by atoms with Crippen LogP contribution in [0.4, 0.5) is 0 Å². The highest BCUT2D eigenvalue weighted by Crippen LogP contribution is 2.09. The summed E-state index contributed by atoms with van der Waals surface area (Å²) in [5, 5.41) is 22.7.